The van der Waals surface area contributed by atoms with Crippen LogP contribution >= 0.6 is 11.3 Å². The fraction of sp³-hybridized carbons (Fsp3) is 0.722. The SMILES string of the molecule is CCCCCCCCC(=O)N(CC(=O)Nc1ncc(C)s1)C1CC1. The molecule has 1 heterocycles. The van der Waals surface area contributed by atoms with Gasteiger partial charge in [-0.15, -0.1) is 11.3 Å². The second kappa shape index (κ2) is 9.77. The molecule has 0 aromatic carbocycles. The highest BCUT2D eigenvalue weighted by molar-refractivity contribution is 7.15. The highest BCUT2D eigenvalue weighted by Crippen LogP contribution is 2.28. The Hall–Kier alpha value is -1.43. The number of anilines is 1. The Kier molecular flexibility index (Phi) is 7.69. The second-order valence-corrected chi connectivity index (χ2v) is 7.83. The molecule has 0 bridgehead atoms. The second-order valence-electron chi connectivity index (χ2n) is 6.59. The molecule has 5 nitrogen and oxygen atoms in total. The van der Waals surface area contributed by atoms with E-state index in [0.29, 0.717) is 11.6 Å². The van der Waals surface area contributed by atoms with E-state index in [-0.39, 0.29) is 24.4 Å². The Labute approximate surface area is 148 Å². The number of rotatable bonds is 11. The molecule has 2 amide bonds. The Morgan fingerprint density at radius 1 is 1.25 bits per heavy atom. The molecule has 24 heavy (non-hydrogen) atoms. The van der Waals surface area contributed by atoms with Gasteiger partial charge in [0.15, 0.2) is 5.13 Å². The summed E-state index contributed by atoms with van der Waals surface area (Å²) in [7, 11) is 0. The molecule has 1 N–H and O–H groups in total. The van der Waals surface area contributed by atoms with Gasteiger partial charge in [-0.25, -0.2) is 4.98 Å². The molecule has 1 saturated carbocycles. The van der Waals surface area contributed by atoms with E-state index in [1.54, 1.807) is 11.1 Å². The van der Waals surface area contributed by atoms with Gasteiger partial charge in [-0.3, -0.25) is 9.59 Å². The van der Waals surface area contributed by atoms with Crippen LogP contribution in [0.4, 0.5) is 5.13 Å². The number of aromatic nitrogens is 1. The van der Waals surface area contributed by atoms with E-state index in [1.165, 1.54) is 37.0 Å². The molecule has 1 aromatic rings. The first kappa shape index (κ1) is 18.9. The van der Waals surface area contributed by atoms with E-state index in [9.17, 15) is 9.59 Å². The third-order valence-electron chi connectivity index (χ3n) is 4.23. The lowest BCUT2D eigenvalue weighted by Crippen LogP contribution is -2.39. The summed E-state index contributed by atoms with van der Waals surface area (Å²) >= 11 is 1.45. The molecular formula is C18H29N3O2S. The summed E-state index contributed by atoms with van der Waals surface area (Å²) in [4.78, 5) is 31.6. The van der Waals surface area contributed by atoms with Crippen molar-refractivity contribution in [2.45, 2.75) is 77.7 Å². The average Bonchev–Trinajstić information content (AvgIpc) is 3.31. The molecule has 0 spiro atoms. The third-order valence-corrected chi connectivity index (χ3v) is 5.06. The van der Waals surface area contributed by atoms with Gasteiger partial charge in [0.25, 0.3) is 0 Å². The molecule has 0 radical (unpaired) electrons. The first-order valence-corrected chi connectivity index (χ1v) is 9.93. The van der Waals surface area contributed by atoms with Crippen LogP contribution in [-0.2, 0) is 9.59 Å². The molecule has 6 heteroatoms. The predicted molar refractivity (Wildman–Crippen MR) is 98.2 cm³/mol. The van der Waals surface area contributed by atoms with E-state index in [1.807, 2.05) is 6.92 Å². The largest absolute Gasteiger partial charge is 0.330 e. The summed E-state index contributed by atoms with van der Waals surface area (Å²) < 4.78 is 0. The summed E-state index contributed by atoms with van der Waals surface area (Å²) in [5.74, 6) is -0.0222. The number of hydrogen-bond donors (Lipinski definition) is 1. The monoisotopic (exact) mass is 351 g/mol. The predicted octanol–water partition coefficient (Wildman–Crippen LogP) is 4.13. The topological polar surface area (TPSA) is 62.3 Å². The Bertz CT molecular complexity index is 540. The van der Waals surface area contributed by atoms with E-state index in [2.05, 4.69) is 17.2 Å². The molecule has 0 unspecified atom stereocenters. The van der Waals surface area contributed by atoms with Gasteiger partial charge in [-0.2, -0.15) is 0 Å². The van der Waals surface area contributed by atoms with Crippen LogP contribution < -0.4 is 5.32 Å². The maximum absolute atomic E-state index is 12.4. The van der Waals surface area contributed by atoms with Crippen molar-refractivity contribution in [3.8, 4) is 0 Å². The minimum Gasteiger partial charge on any atom is -0.330 e. The van der Waals surface area contributed by atoms with Gasteiger partial charge in [0.05, 0.1) is 0 Å². The number of aryl methyl sites for hydroxylation is 1. The minimum atomic E-state index is -0.146. The maximum atomic E-state index is 12.4. The summed E-state index contributed by atoms with van der Waals surface area (Å²) in [5.41, 5.74) is 0. The number of hydrogen-bond acceptors (Lipinski definition) is 4. The standard InChI is InChI=1S/C18H29N3O2S/c1-3-4-5-6-7-8-9-17(23)21(15-10-11-15)13-16(22)20-18-19-12-14(2)24-18/h12,15H,3-11,13H2,1-2H3,(H,19,20,22). The summed E-state index contributed by atoms with van der Waals surface area (Å²) in [6.45, 7) is 4.31. The lowest BCUT2D eigenvalue weighted by atomic mass is 10.1. The smallest absolute Gasteiger partial charge is 0.245 e. The van der Waals surface area contributed by atoms with E-state index < -0.39 is 0 Å². The van der Waals surface area contributed by atoms with Gasteiger partial charge < -0.3 is 10.2 Å². The van der Waals surface area contributed by atoms with Crippen molar-refractivity contribution >= 4 is 28.3 Å². The van der Waals surface area contributed by atoms with Crippen molar-refractivity contribution in [2.24, 2.45) is 0 Å². The zero-order chi connectivity index (χ0) is 17.4. The Balaban J connectivity index is 1.72. The van der Waals surface area contributed by atoms with E-state index >= 15 is 0 Å². The maximum Gasteiger partial charge on any atom is 0.245 e. The van der Waals surface area contributed by atoms with E-state index in [0.717, 1.165) is 30.6 Å². The number of unbranched alkanes of at least 4 members (excludes halogenated alkanes) is 5. The minimum absolute atomic E-state index is 0.124. The van der Waals surface area contributed by atoms with Crippen molar-refractivity contribution < 1.29 is 9.59 Å². The van der Waals surface area contributed by atoms with Gasteiger partial charge in [0.1, 0.15) is 6.54 Å². The van der Waals surface area contributed by atoms with Crippen molar-refractivity contribution in [3.05, 3.63) is 11.1 Å². The quantitative estimate of drug-likeness (QED) is 0.610. The number of carbonyl (C=O) groups is 2. The van der Waals surface area contributed by atoms with Crippen LogP contribution in [0.15, 0.2) is 6.20 Å². The highest BCUT2D eigenvalue weighted by Gasteiger charge is 2.33. The van der Waals surface area contributed by atoms with Gasteiger partial charge >= 0.3 is 0 Å². The van der Waals surface area contributed by atoms with Crippen molar-refractivity contribution in [2.75, 3.05) is 11.9 Å². The molecule has 2 rings (SSSR count). The number of thiazole rings is 1. The Morgan fingerprint density at radius 2 is 1.96 bits per heavy atom. The van der Waals surface area contributed by atoms with Crippen LogP contribution in [0.5, 0.6) is 0 Å². The zero-order valence-corrected chi connectivity index (χ0v) is 15.7. The van der Waals surface area contributed by atoms with Crippen LogP contribution in [0.3, 0.4) is 0 Å². The summed E-state index contributed by atoms with van der Waals surface area (Å²) in [5, 5.41) is 3.40. The molecular weight excluding hydrogens is 322 g/mol. The van der Waals surface area contributed by atoms with Gasteiger partial charge in [-0.1, -0.05) is 39.0 Å². The zero-order valence-electron chi connectivity index (χ0n) is 14.8. The molecule has 1 fully saturated rings. The molecule has 1 aliphatic rings. The molecule has 0 aliphatic heterocycles. The average molecular weight is 352 g/mol. The number of carbonyl (C=O) groups excluding carboxylic acids is 2. The number of nitrogens with zero attached hydrogens (tertiary/aromatic N) is 2. The van der Waals surface area contributed by atoms with Crippen molar-refractivity contribution in [3.63, 3.8) is 0 Å². The highest BCUT2D eigenvalue weighted by atomic mass is 32.1. The first-order valence-electron chi connectivity index (χ1n) is 9.12. The number of amides is 2. The fourth-order valence-electron chi connectivity index (χ4n) is 2.73. The lowest BCUT2D eigenvalue weighted by molar-refractivity contribution is -0.135. The molecule has 0 saturated heterocycles. The van der Waals surface area contributed by atoms with Crippen molar-refractivity contribution in [1.29, 1.82) is 0 Å². The van der Waals surface area contributed by atoms with Crippen LogP contribution in [-0.4, -0.2) is 34.3 Å². The Morgan fingerprint density at radius 3 is 2.58 bits per heavy atom. The fourth-order valence-corrected chi connectivity index (χ4v) is 3.41. The van der Waals surface area contributed by atoms with Gasteiger partial charge in [0, 0.05) is 23.5 Å². The third kappa shape index (κ3) is 6.59. The van der Waals surface area contributed by atoms with Gasteiger partial charge in [-0.05, 0) is 26.2 Å². The first-order chi connectivity index (χ1) is 11.6. The molecule has 1 aliphatic carbocycles. The van der Waals surface area contributed by atoms with Crippen LogP contribution in [0.1, 0.15) is 69.6 Å². The normalized spacial score (nSPS) is 13.8. The van der Waals surface area contributed by atoms with Crippen LogP contribution in [0.25, 0.3) is 0 Å². The van der Waals surface area contributed by atoms with Gasteiger partial charge in [0.2, 0.25) is 11.8 Å². The molecule has 0 atom stereocenters. The van der Waals surface area contributed by atoms with Crippen LogP contribution in [0, 0.1) is 6.92 Å². The lowest BCUT2D eigenvalue weighted by Gasteiger charge is -2.21. The molecule has 134 valence electrons. The summed E-state index contributed by atoms with van der Waals surface area (Å²) in [6.07, 6.45) is 11.3. The number of nitrogens with one attached hydrogen (secondary N) is 1. The van der Waals surface area contributed by atoms with E-state index in [4.69, 9.17) is 0 Å². The van der Waals surface area contributed by atoms with Crippen LogP contribution in [0.2, 0.25) is 0 Å². The van der Waals surface area contributed by atoms with Crippen molar-refractivity contribution in [1.82, 2.24) is 9.88 Å². The summed E-state index contributed by atoms with van der Waals surface area (Å²) in [6, 6.07) is 0.265. The molecule has 1 aromatic heterocycles.